The molecule has 1 N–H and O–H groups in total. The normalized spacial score (nSPS) is 10.5. The van der Waals surface area contributed by atoms with Crippen LogP contribution in [0.15, 0.2) is 35.4 Å². The molecule has 0 bridgehead atoms. The van der Waals surface area contributed by atoms with E-state index in [1.165, 1.54) is 4.68 Å². The first-order valence-corrected chi connectivity index (χ1v) is 5.02. The van der Waals surface area contributed by atoms with Crippen molar-refractivity contribution in [1.82, 2.24) is 14.8 Å². The minimum absolute atomic E-state index is 0.0357. The third-order valence-electron chi connectivity index (χ3n) is 2.20. The van der Waals surface area contributed by atoms with Crippen LogP contribution in [0.5, 0.6) is 0 Å². The van der Waals surface area contributed by atoms with Crippen LogP contribution in [-0.4, -0.2) is 14.8 Å². The molecule has 0 unspecified atom stereocenters. The molecule has 2 rings (SSSR count). The molecule has 15 heavy (non-hydrogen) atoms. The van der Waals surface area contributed by atoms with Gasteiger partial charge in [0.1, 0.15) is 0 Å². The number of aryl methyl sites for hydroxylation is 1. The summed E-state index contributed by atoms with van der Waals surface area (Å²) in [6, 6.07) is 5.29. The van der Waals surface area contributed by atoms with Gasteiger partial charge in [-0.15, -0.1) is 0 Å². The van der Waals surface area contributed by atoms with Gasteiger partial charge in [0.25, 0.3) is 5.56 Å². The average molecular weight is 203 g/mol. The summed E-state index contributed by atoms with van der Waals surface area (Å²) in [6.45, 7) is 2.08. The summed E-state index contributed by atoms with van der Waals surface area (Å²) >= 11 is 0. The summed E-state index contributed by atoms with van der Waals surface area (Å²) in [5, 5.41) is 3.06. The highest BCUT2D eigenvalue weighted by molar-refractivity contribution is 5.26. The number of hydrogen-bond acceptors (Lipinski definition) is 2. The number of aromatic nitrogens is 3. The molecule has 2 heterocycles. The van der Waals surface area contributed by atoms with Crippen molar-refractivity contribution in [2.45, 2.75) is 19.8 Å². The molecule has 0 aliphatic rings. The van der Waals surface area contributed by atoms with Crippen LogP contribution >= 0.6 is 0 Å². The highest BCUT2D eigenvalue weighted by Crippen LogP contribution is 2.02. The van der Waals surface area contributed by atoms with E-state index in [-0.39, 0.29) is 5.56 Å². The molecular weight excluding hydrogens is 190 g/mol. The van der Waals surface area contributed by atoms with Gasteiger partial charge in [-0.25, -0.2) is 4.68 Å². The van der Waals surface area contributed by atoms with Crippen LogP contribution in [0.3, 0.4) is 0 Å². The monoisotopic (exact) mass is 203 g/mol. The molecular formula is C11H13N3O. The Morgan fingerprint density at radius 1 is 1.53 bits per heavy atom. The maximum absolute atomic E-state index is 11.6. The van der Waals surface area contributed by atoms with E-state index in [2.05, 4.69) is 17.0 Å². The highest BCUT2D eigenvalue weighted by Gasteiger charge is 2.03. The molecule has 4 nitrogen and oxygen atoms in total. The van der Waals surface area contributed by atoms with E-state index in [4.69, 9.17) is 0 Å². The van der Waals surface area contributed by atoms with Crippen molar-refractivity contribution >= 4 is 0 Å². The maximum Gasteiger partial charge on any atom is 0.271 e. The van der Waals surface area contributed by atoms with Gasteiger partial charge >= 0.3 is 0 Å². The van der Waals surface area contributed by atoms with Gasteiger partial charge in [-0.2, -0.15) is 0 Å². The number of hydrogen-bond donors (Lipinski definition) is 1. The van der Waals surface area contributed by atoms with Gasteiger partial charge in [0.2, 0.25) is 0 Å². The quantitative estimate of drug-likeness (QED) is 0.822. The Labute approximate surface area is 87.6 Å². The van der Waals surface area contributed by atoms with Crippen molar-refractivity contribution < 1.29 is 0 Å². The Morgan fingerprint density at radius 2 is 2.40 bits per heavy atom. The second-order valence-electron chi connectivity index (χ2n) is 3.42. The van der Waals surface area contributed by atoms with Crippen LogP contribution in [-0.2, 0) is 6.42 Å². The van der Waals surface area contributed by atoms with Crippen LogP contribution in [0.25, 0.3) is 5.69 Å². The van der Waals surface area contributed by atoms with E-state index in [1.807, 2.05) is 12.1 Å². The molecule has 2 aromatic rings. The van der Waals surface area contributed by atoms with E-state index in [0.29, 0.717) is 0 Å². The van der Waals surface area contributed by atoms with Gasteiger partial charge in [-0.3, -0.25) is 14.9 Å². The topological polar surface area (TPSA) is 50.7 Å². The Hall–Kier alpha value is -1.84. The molecule has 0 spiro atoms. The Morgan fingerprint density at radius 3 is 3.07 bits per heavy atom. The van der Waals surface area contributed by atoms with Gasteiger partial charge in [0.05, 0.1) is 11.9 Å². The molecule has 0 aliphatic heterocycles. The summed E-state index contributed by atoms with van der Waals surface area (Å²) in [4.78, 5) is 15.6. The first kappa shape index (κ1) is 9.71. The van der Waals surface area contributed by atoms with Crippen molar-refractivity contribution in [3.8, 4) is 5.69 Å². The van der Waals surface area contributed by atoms with Crippen molar-refractivity contribution in [3.05, 3.63) is 46.6 Å². The largest absolute Gasteiger partial charge is 0.295 e. The SMILES string of the molecule is CCCc1cc(=O)n(-c2cccnc2)[nH]1. The zero-order chi connectivity index (χ0) is 10.7. The Balaban J connectivity index is 2.41. The van der Waals surface area contributed by atoms with Gasteiger partial charge in [-0.1, -0.05) is 13.3 Å². The van der Waals surface area contributed by atoms with Gasteiger partial charge in [0.15, 0.2) is 0 Å². The molecule has 78 valence electrons. The van der Waals surface area contributed by atoms with Crippen molar-refractivity contribution in [1.29, 1.82) is 0 Å². The second-order valence-corrected chi connectivity index (χ2v) is 3.42. The number of nitrogens with zero attached hydrogens (tertiary/aromatic N) is 2. The molecule has 0 atom stereocenters. The van der Waals surface area contributed by atoms with Crippen molar-refractivity contribution in [3.63, 3.8) is 0 Å². The number of rotatable bonds is 3. The summed E-state index contributed by atoms with van der Waals surface area (Å²) in [7, 11) is 0. The van der Waals surface area contributed by atoms with E-state index in [1.54, 1.807) is 18.5 Å². The van der Waals surface area contributed by atoms with Crippen molar-refractivity contribution in [2.24, 2.45) is 0 Å². The summed E-state index contributed by atoms with van der Waals surface area (Å²) < 4.78 is 1.51. The van der Waals surface area contributed by atoms with Crippen LogP contribution in [0.2, 0.25) is 0 Å². The molecule has 0 aromatic carbocycles. The van der Waals surface area contributed by atoms with Crippen LogP contribution < -0.4 is 5.56 Å². The van der Waals surface area contributed by atoms with Crippen LogP contribution in [0.4, 0.5) is 0 Å². The van der Waals surface area contributed by atoms with Gasteiger partial charge < -0.3 is 0 Å². The number of aromatic amines is 1. The highest BCUT2D eigenvalue weighted by atomic mass is 16.1. The molecule has 0 aliphatic carbocycles. The fourth-order valence-corrected chi connectivity index (χ4v) is 1.52. The number of pyridine rings is 1. The van der Waals surface area contributed by atoms with Crippen LogP contribution in [0.1, 0.15) is 19.0 Å². The average Bonchev–Trinajstić information content (AvgIpc) is 2.61. The standard InChI is InChI=1S/C11H13N3O/c1-2-4-9-7-11(15)14(13-9)10-5-3-6-12-8-10/h3,5-8,13H,2,4H2,1H3. The predicted octanol–water partition coefficient (Wildman–Crippen LogP) is 1.51. The zero-order valence-electron chi connectivity index (χ0n) is 8.60. The van der Waals surface area contributed by atoms with E-state index < -0.39 is 0 Å². The minimum Gasteiger partial charge on any atom is -0.295 e. The summed E-state index contributed by atoms with van der Waals surface area (Å²) in [6.07, 6.45) is 5.26. The Bertz CT molecular complexity index is 484. The Kier molecular flexibility index (Phi) is 2.67. The van der Waals surface area contributed by atoms with E-state index in [9.17, 15) is 4.79 Å². The lowest BCUT2D eigenvalue weighted by Crippen LogP contribution is -2.13. The van der Waals surface area contributed by atoms with Gasteiger partial charge in [-0.05, 0) is 18.6 Å². The first-order chi connectivity index (χ1) is 7.31. The minimum atomic E-state index is -0.0357. The zero-order valence-corrected chi connectivity index (χ0v) is 8.60. The molecule has 2 aromatic heterocycles. The molecule has 0 radical (unpaired) electrons. The molecule has 4 heteroatoms. The molecule has 0 fully saturated rings. The summed E-state index contributed by atoms with van der Waals surface area (Å²) in [5.41, 5.74) is 1.70. The third-order valence-corrected chi connectivity index (χ3v) is 2.20. The second kappa shape index (κ2) is 4.13. The van der Waals surface area contributed by atoms with Crippen LogP contribution in [0, 0.1) is 0 Å². The fraction of sp³-hybridized carbons (Fsp3) is 0.273. The van der Waals surface area contributed by atoms with E-state index in [0.717, 1.165) is 24.2 Å². The predicted molar refractivity (Wildman–Crippen MR) is 58.2 cm³/mol. The first-order valence-electron chi connectivity index (χ1n) is 5.02. The lowest BCUT2D eigenvalue weighted by Gasteiger charge is -1.99. The molecule has 0 saturated heterocycles. The van der Waals surface area contributed by atoms with Crippen molar-refractivity contribution in [2.75, 3.05) is 0 Å². The lowest BCUT2D eigenvalue weighted by molar-refractivity contribution is 0.790. The third kappa shape index (κ3) is 1.98. The molecule has 0 saturated carbocycles. The maximum atomic E-state index is 11.6. The number of nitrogens with one attached hydrogen (secondary N) is 1. The molecule has 0 amide bonds. The smallest absolute Gasteiger partial charge is 0.271 e. The van der Waals surface area contributed by atoms with Gasteiger partial charge in [0, 0.05) is 18.0 Å². The van der Waals surface area contributed by atoms with E-state index >= 15 is 0 Å². The fourth-order valence-electron chi connectivity index (χ4n) is 1.52. The summed E-state index contributed by atoms with van der Waals surface area (Å²) in [5.74, 6) is 0. The number of H-pyrrole nitrogens is 1. The lowest BCUT2D eigenvalue weighted by atomic mass is 10.3.